The second-order valence-electron chi connectivity index (χ2n) is 10.4. The van der Waals surface area contributed by atoms with E-state index < -0.39 is 41.1 Å². The molecule has 2 amide bonds. The second-order valence-corrected chi connectivity index (χ2v) is 10.4. The minimum atomic E-state index is -1.17. The molecule has 0 aliphatic carbocycles. The fourth-order valence-corrected chi connectivity index (χ4v) is 6.72. The first kappa shape index (κ1) is 26.4. The Labute approximate surface area is 213 Å². The van der Waals surface area contributed by atoms with E-state index in [-0.39, 0.29) is 37.5 Å². The Morgan fingerprint density at radius 2 is 2.03 bits per heavy atom. The zero-order valence-corrected chi connectivity index (χ0v) is 21.7. The summed E-state index contributed by atoms with van der Waals surface area (Å²) in [5.41, 5.74) is -1.13. The average molecular weight is 499 g/mol. The molecule has 0 aromatic heterocycles. The summed E-state index contributed by atoms with van der Waals surface area (Å²) >= 11 is 0. The van der Waals surface area contributed by atoms with Gasteiger partial charge < -0.3 is 24.4 Å². The van der Waals surface area contributed by atoms with Gasteiger partial charge in [-0.1, -0.05) is 50.3 Å². The highest BCUT2D eigenvalue weighted by Gasteiger charge is 2.80. The Kier molecular flexibility index (Phi) is 7.30. The van der Waals surface area contributed by atoms with Crippen LogP contribution in [-0.4, -0.2) is 75.7 Å². The van der Waals surface area contributed by atoms with E-state index in [9.17, 15) is 19.5 Å². The highest BCUT2D eigenvalue weighted by Crippen LogP contribution is 2.65. The first-order valence-corrected chi connectivity index (χ1v) is 12.9. The molecule has 7 atom stereocenters. The van der Waals surface area contributed by atoms with Crippen molar-refractivity contribution in [1.82, 2.24) is 9.80 Å². The Morgan fingerprint density at radius 1 is 1.33 bits per heavy atom. The summed E-state index contributed by atoms with van der Waals surface area (Å²) in [6.07, 6.45) is 2.60. The number of esters is 1. The van der Waals surface area contributed by atoms with Crippen LogP contribution in [0.15, 0.2) is 43.0 Å². The molecule has 4 rings (SSSR count). The fraction of sp³-hybridized carbons (Fsp3) is 0.607. The van der Waals surface area contributed by atoms with Crippen LogP contribution in [-0.2, 0) is 30.4 Å². The SMILES string of the molecule is C=CCN(Cc1ccccc1)C(=O)C1N([C@@H](CC)CO)C(=O)[C@@H]2[C@@H](C(=O)OCC)[C@]3(C)OC12CC3C. The molecule has 2 bridgehead atoms. The van der Waals surface area contributed by atoms with Crippen molar-refractivity contribution in [2.75, 3.05) is 19.8 Å². The Balaban J connectivity index is 1.81. The molecule has 1 N–H and O–H groups in total. The van der Waals surface area contributed by atoms with E-state index in [1.165, 1.54) is 4.90 Å². The third kappa shape index (κ3) is 3.86. The number of benzene rings is 1. The van der Waals surface area contributed by atoms with Crippen LogP contribution in [0.4, 0.5) is 0 Å². The van der Waals surface area contributed by atoms with Crippen molar-refractivity contribution in [2.24, 2.45) is 17.8 Å². The molecule has 3 aliphatic rings. The number of nitrogens with zero attached hydrogens (tertiary/aromatic N) is 2. The Morgan fingerprint density at radius 3 is 2.61 bits per heavy atom. The van der Waals surface area contributed by atoms with E-state index in [4.69, 9.17) is 9.47 Å². The molecule has 3 fully saturated rings. The number of aliphatic hydroxyl groups is 1. The zero-order valence-electron chi connectivity index (χ0n) is 21.7. The number of amides is 2. The Hall–Kier alpha value is -2.71. The number of likely N-dealkylation sites (tertiary alicyclic amines) is 1. The number of carbonyl (C=O) groups excluding carboxylic acids is 3. The lowest BCUT2D eigenvalue weighted by Crippen LogP contribution is -2.58. The lowest BCUT2D eigenvalue weighted by atomic mass is 9.62. The first-order chi connectivity index (χ1) is 17.2. The monoisotopic (exact) mass is 498 g/mol. The highest BCUT2D eigenvalue weighted by molar-refractivity contribution is 5.98. The van der Waals surface area contributed by atoms with Gasteiger partial charge in [0.2, 0.25) is 11.8 Å². The summed E-state index contributed by atoms with van der Waals surface area (Å²) in [5.74, 6) is -2.77. The summed E-state index contributed by atoms with van der Waals surface area (Å²) in [7, 11) is 0. The van der Waals surface area contributed by atoms with Crippen LogP contribution in [0.2, 0.25) is 0 Å². The van der Waals surface area contributed by atoms with Gasteiger partial charge in [-0.2, -0.15) is 0 Å². The van der Waals surface area contributed by atoms with Gasteiger partial charge in [-0.15, -0.1) is 6.58 Å². The van der Waals surface area contributed by atoms with Crippen molar-refractivity contribution in [3.8, 4) is 0 Å². The van der Waals surface area contributed by atoms with Gasteiger partial charge in [-0.25, -0.2) is 0 Å². The van der Waals surface area contributed by atoms with Crippen LogP contribution >= 0.6 is 0 Å². The highest BCUT2D eigenvalue weighted by atomic mass is 16.6. The molecule has 1 aromatic rings. The van der Waals surface area contributed by atoms with Crippen molar-refractivity contribution < 1.29 is 29.0 Å². The van der Waals surface area contributed by atoms with Crippen molar-refractivity contribution >= 4 is 17.8 Å². The van der Waals surface area contributed by atoms with Crippen LogP contribution in [0.1, 0.15) is 46.1 Å². The van der Waals surface area contributed by atoms with Gasteiger partial charge in [0.25, 0.3) is 0 Å². The van der Waals surface area contributed by atoms with Crippen molar-refractivity contribution in [3.63, 3.8) is 0 Å². The molecular formula is C28H38N2O6. The molecule has 0 radical (unpaired) electrons. The minimum Gasteiger partial charge on any atom is -0.466 e. The van der Waals surface area contributed by atoms with E-state index in [2.05, 4.69) is 6.58 Å². The predicted octanol–water partition coefficient (Wildman–Crippen LogP) is 2.55. The smallest absolute Gasteiger partial charge is 0.312 e. The molecule has 3 heterocycles. The van der Waals surface area contributed by atoms with Gasteiger partial charge in [-0.3, -0.25) is 14.4 Å². The lowest BCUT2D eigenvalue weighted by molar-refractivity contribution is -0.163. The number of hydrogen-bond acceptors (Lipinski definition) is 6. The second kappa shape index (κ2) is 9.98. The van der Waals surface area contributed by atoms with Crippen molar-refractivity contribution in [1.29, 1.82) is 0 Å². The van der Waals surface area contributed by atoms with Gasteiger partial charge in [-0.05, 0) is 38.2 Å². The van der Waals surface area contributed by atoms with Gasteiger partial charge in [0.15, 0.2) is 0 Å². The molecule has 3 saturated heterocycles. The molecule has 1 spiro atoms. The first-order valence-electron chi connectivity index (χ1n) is 12.9. The van der Waals surface area contributed by atoms with Gasteiger partial charge in [0.05, 0.1) is 30.8 Å². The molecule has 3 unspecified atom stereocenters. The molecule has 1 aromatic carbocycles. The number of hydrogen-bond donors (Lipinski definition) is 1. The van der Waals surface area contributed by atoms with Crippen LogP contribution in [0, 0.1) is 17.8 Å². The summed E-state index contributed by atoms with van der Waals surface area (Å²) in [6.45, 7) is 11.8. The fourth-order valence-electron chi connectivity index (χ4n) is 6.72. The number of aliphatic hydroxyl groups excluding tert-OH is 1. The largest absolute Gasteiger partial charge is 0.466 e. The minimum absolute atomic E-state index is 0.0672. The summed E-state index contributed by atoms with van der Waals surface area (Å²) < 4.78 is 12.1. The number of carbonyl (C=O) groups is 3. The van der Waals surface area contributed by atoms with E-state index >= 15 is 0 Å². The standard InChI is InChI=1S/C28H38N2O6/c1-6-14-29(16-19-12-10-9-11-13-19)25(33)23-28-15-18(4)27(5,36-28)22(26(34)35-8-3)21(28)24(32)30(23)20(7-2)17-31/h6,9-13,18,20-23,31H,1,7-8,14-17H2,2-5H3/t18?,20-,21-,22-,23?,27+,28?/m0/s1. The topological polar surface area (TPSA) is 96.4 Å². The number of fused-ring (bicyclic) bond motifs is 1. The molecule has 36 heavy (non-hydrogen) atoms. The molecule has 196 valence electrons. The number of rotatable bonds is 10. The maximum Gasteiger partial charge on any atom is 0.312 e. The average Bonchev–Trinajstić information content (AvgIpc) is 3.37. The zero-order chi connectivity index (χ0) is 26.3. The Bertz CT molecular complexity index is 1010. The lowest BCUT2D eigenvalue weighted by Gasteiger charge is -2.39. The van der Waals surface area contributed by atoms with E-state index in [1.807, 2.05) is 51.1 Å². The van der Waals surface area contributed by atoms with Crippen LogP contribution in [0.5, 0.6) is 0 Å². The van der Waals surface area contributed by atoms with Crippen LogP contribution in [0.3, 0.4) is 0 Å². The van der Waals surface area contributed by atoms with E-state index in [1.54, 1.807) is 17.9 Å². The number of ether oxygens (including phenoxy) is 2. The van der Waals surface area contributed by atoms with Crippen LogP contribution in [0.25, 0.3) is 0 Å². The molecule has 8 heteroatoms. The summed E-state index contributed by atoms with van der Waals surface area (Å²) in [5, 5.41) is 10.2. The van der Waals surface area contributed by atoms with Crippen molar-refractivity contribution in [3.05, 3.63) is 48.6 Å². The summed E-state index contributed by atoms with van der Waals surface area (Å²) in [6, 6.07) is 8.11. The molecule has 3 aliphatic heterocycles. The maximum absolute atomic E-state index is 14.4. The van der Waals surface area contributed by atoms with E-state index in [0.717, 1.165) is 5.56 Å². The van der Waals surface area contributed by atoms with Gasteiger partial charge in [0, 0.05) is 13.1 Å². The van der Waals surface area contributed by atoms with E-state index in [0.29, 0.717) is 19.4 Å². The third-order valence-corrected chi connectivity index (χ3v) is 8.48. The van der Waals surface area contributed by atoms with Crippen LogP contribution < -0.4 is 0 Å². The summed E-state index contributed by atoms with van der Waals surface area (Å²) in [4.78, 5) is 44.9. The molecule has 8 nitrogen and oxygen atoms in total. The predicted molar refractivity (Wildman–Crippen MR) is 133 cm³/mol. The third-order valence-electron chi connectivity index (χ3n) is 8.48. The molecule has 0 saturated carbocycles. The maximum atomic E-state index is 14.4. The molecular weight excluding hydrogens is 460 g/mol. The quantitative estimate of drug-likeness (QED) is 0.393. The van der Waals surface area contributed by atoms with Gasteiger partial charge >= 0.3 is 5.97 Å². The normalized spacial score (nSPS) is 33.4. The van der Waals surface area contributed by atoms with Crippen molar-refractivity contribution in [2.45, 2.75) is 70.4 Å². The van der Waals surface area contributed by atoms with Gasteiger partial charge in [0.1, 0.15) is 17.6 Å².